The second-order valence-electron chi connectivity index (χ2n) is 8.04. The minimum absolute atomic E-state index is 0.0888. The van der Waals surface area contributed by atoms with Crippen molar-refractivity contribution in [1.82, 2.24) is 14.5 Å². The van der Waals surface area contributed by atoms with Gasteiger partial charge in [0, 0.05) is 18.5 Å². The fraction of sp³-hybridized carbons (Fsp3) is 0.556. The van der Waals surface area contributed by atoms with E-state index in [1.165, 1.54) is 4.31 Å². The van der Waals surface area contributed by atoms with Crippen LogP contribution in [0.15, 0.2) is 27.5 Å². The van der Waals surface area contributed by atoms with Gasteiger partial charge in [-0.05, 0) is 31.0 Å². The van der Waals surface area contributed by atoms with Gasteiger partial charge in [-0.15, -0.1) is 10.2 Å². The van der Waals surface area contributed by atoms with Crippen LogP contribution in [0.4, 0.5) is 13.2 Å². The van der Waals surface area contributed by atoms with Crippen molar-refractivity contribution in [2.45, 2.75) is 56.0 Å². The SMILES string of the molecule is CC(C)(C)c1nnc([C@@H]2CCCN(S(=O)(=O)c3ccc(C(F)(F)F)cc3Cl)C2)o1. The average molecular weight is 452 g/mol. The first-order valence-electron chi connectivity index (χ1n) is 9.01. The van der Waals surface area contributed by atoms with Crippen molar-refractivity contribution in [1.29, 1.82) is 0 Å². The molecule has 1 atom stereocenters. The molecule has 0 aliphatic carbocycles. The van der Waals surface area contributed by atoms with E-state index >= 15 is 0 Å². The number of piperidine rings is 1. The highest BCUT2D eigenvalue weighted by atomic mass is 35.5. The topological polar surface area (TPSA) is 76.3 Å². The predicted molar refractivity (Wildman–Crippen MR) is 100 cm³/mol. The van der Waals surface area contributed by atoms with Gasteiger partial charge in [0.15, 0.2) is 0 Å². The Balaban J connectivity index is 1.85. The maximum absolute atomic E-state index is 13.0. The first kappa shape index (κ1) is 22.0. The molecule has 0 radical (unpaired) electrons. The van der Waals surface area contributed by atoms with E-state index in [4.69, 9.17) is 16.0 Å². The molecule has 160 valence electrons. The van der Waals surface area contributed by atoms with Gasteiger partial charge in [0.05, 0.1) is 16.5 Å². The first-order valence-corrected chi connectivity index (χ1v) is 10.8. The lowest BCUT2D eigenvalue weighted by molar-refractivity contribution is -0.137. The fourth-order valence-electron chi connectivity index (χ4n) is 3.09. The Labute approximate surface area is 172 Å². The van der Waals surface area contributed by atoms with Crippen LogP contribution in [0.1, 0.15) is 56.9 Å². The van der Waals surface area contributed by atoms with Crippen molar-refractivity contribution >= 4 is 21.6 Å². The molecular weight excluding hydrogens is 431 g/mol. The number of sulfonamides is 1. The van der Waals surface area contributed by atoms with Crippen LogP contribution < -0.4 is 0 Å². The maximum atomic E-state index is 13.0. The Morgan fingerprint density at radius 2 is 1.90 bits per heavy atom. The van der Waals surface area contributed by atoms with Gasteiger partial charge < -0.3 is 4.42 Å². The maximum Gasteiger partial charge on any atom is 0.416 e. The Morgan fingerprint density at radius 3 is 2.45 bits per heavy atom. The molecule has 6 nitrogen and oxygen atoms in total. The number of nitrogens with zero attached hydrogens (tertiary/aromatic N) is 3. The monoisotopic (exact) mass is 451 g/mol. The van der Waals surface area contributed by atoms with E-state index in [1.54, 1.807) is 0 Å². The molecule has 0 spiro atoms. The third-order valence-corrected chi connectivity index (χ3v) is 7.04. The lowest BCUT2D eigenvalue weighted by atomic mass is 9.97. The summed E-state index contributed by atoms with van der Waals surface area (Å²) in [7, 11) is -4.07. The van der Waals surface area contributed by atoms with Crippen LogP contribution >= 0.6 is 11.6 Å². The molecule has 2 aromatic rings. The number of benzene rings is 1. The molecule has 1 aliphatic rings. The number of rotatable bonds is 3. The van der Waals surface area contributed by atoms with Gasteiger partial charge in [-0.2, -0.15) is 17.5 Å². The van der Waals surface area contributed by atoms with Crippen LogP contribution in [0, 0.1) is 0 Å². The molecule has 29 heavy (non-hydrogen) atoms. The van der Waals surface area contributed by atoms with Crippen molar-refractivity contribution in [2.75, 3.05) is 13.1 Å². The van der Waals surface area contributed by atoms with Gasteiger partial charge in [-0.3, -0.25) is 0 Å². The fourth-order valence-corrected chi connectivity index (χ4v) is 5.13. The summed E-state index contributed by atoms with van der Waals surface area (Å²) in [4.78, 5) is -0.353. The molecular formula is C18H21ClF3N3O3S. The third kappa shape index (κ3) is 4.59. The molecule has 0 amide bonds. The number of hydrogen-bond donors (Lipinski definition) is 0. The molecule has 0 unspecified atom stereocenters. The van der Waals surface area contributed by atoms with E-state index in [2.05, 4.69) is 10.2 Å². The summed E-state index contributed by atoms with van der Waals surface area (Å²) in [6.45, 7) is 6.10. The Bertz CT molecular complexity index is 1000. The van der Waals surface area contributed by atoms with Gasteiger partial charge in [0.2, 0.25) is 21.8 Å². The Hall–Kier alpha value is -1.65. The van der Waals surface area contributed by atoms with Gasteiger partial charge >= 0.3 is 6.18 Å². The molecule has 1 aromatic heterocycles. The number of alkyl halides is 3. The van der Waals surface area contributed by atoms with Gasteiger partial charge in [0.25, 0.3) is 0 Å². The first-order chi connectivity index (χ1) is 13.3. The molecule has 3 rings (SSSR count). The van der Waals surface area contributed by atoms with E-state index < -0.39 is 26.8 Å². The van der Waals surface area contributed by atoms with Crippen LogP contribution in [0.25, 0.3) is 0 Å². The van der Waals surface area contributed by atoms with Crippen LogP contribution in [-0.4, -0.2) is 36.0 Å². The number of aromatic nitrogens is 2. The second kappa shape index (κ2) is 7.55. The van der Waals surface area contributed by atoms with Gasteiger partial charge in [-0.1, -0.05) is 32.4 Å². The second-order valence-corrected chi connectivity index (χ2v) is 10.4. The number of hydrogen-bond acceptors (Lipinski definition) is 5. The van der Waals surface area contributed by atoms with E-state index in [1.807, 2.05) is 20.8 Å². The van der Waals surface area contributed by atoms with E-state index in [-0.39, 0.29) is 29.3 Å². The normalized spacial score (nSPS) is 19.5. The smallest absolute Gasteiger partial charge is 0.416 e. The zero-order chi connectivity index (χ0) is 21.6. The minimum atomic E-state index is -4.61. The van der Waals surface area contributed by atoms with Crippen molar-refractivity contribution in [3.63, 3.8) is 0 Å². The molecule has 0 saturated carbocycles. The molecule has 0 bridgehead atoms. The zero-order valence-corrected chi connectivity index (χ0v) is 17.7. The van der Waals surface area contributed by atoms with Crippen molar-refractivity contribution in [3.05, 3.63) is 40.6 Å². The van der Waals surface area contributed by atoms with Crippen LogP contribution in [-0.2, 0) is 21.6 Å². The summed E-state index contributed by atoms with van der Waals surface area (Å²) in [5, 5.41) is 7.64. The average Bonchev–Trinajstić information content (AvgIpc) is 3.11. The van der Waals surface area contributed by atoms with Gasteiger partial charge in [-0.25, -0.2) is 8.42 Å². The molecule has 1 fully saturated rings. The highest BCUT2D eigenvalue weighted by Crippen LogP contribution is 2.36. The summed E-state index contributed by atoms with van der Waals surface area (Å²) in [6.07, 6.45) is -3.39. The van der Waals surface area contributed by atoms with Crippen LogP contribution in [0.2, 0.25) is 5.02 Å². The molecule has 0 N–H and O–H groups in total. The lowest BCUT2D eigenvalue weighted by Gasteiger charge is -2.30. The van der Waals surface area contributed by atoms with Crippen LogP contribution in [0.5, 0.6) is 0 Å². The highest BCUT2D eigenvalue weighted by Gasteiger charge is 2.36. The van der Waals surface area contributed by atoms with Crippen LogP contribution in [0.3, 0.4) is 0 Å². The molecule has 11 heteroatoms. The lowest BCUT2D eigenvalue weighted by Crippen LogP contribution is -2.39. The largest absolute Gasteiger partial charge is 0.424 e. The zero-order valence-electron chi connectivity index (χ0n) is 16.1. The standard InChI is InChI=1S/C18H21ClF3N3O3S/c1-17(2,3)16-24-23-15(28-16)11-5-4-8-25(10-11)29(26,27)14-7-6-12(9-13(14)19)18(20,21)22/h6-7,9,11H,4-5,8,10H2,1-3H3/t11-/m1/s1. The quantitative estimate of drug-likeness (QED) is 0.681. The summed E-state index contributed by atoms with van der Waals surface area (Å²) in [5.41, 5.74) is -1.34. The summed E-state index contributed by atoms with van der Waals surface area (Å²) >= 11 is 5.90. The highest BCUT2D eigenvalue weighted by molar-refractivity contribution is 7.89. The van der Waals surface area contributed by atoms with Crippen molar-refractivity contribution in [2.24, 2.45) is 0 Å². The Kier molecular flexibility index (Phi) is 5.74. The molecule has 2 heterocycles. The van der Waals surface area contributed by atoms with E-state index in [9.17, 15) is 21.6 Å². The molecule has 1 saturated heterocycles. The van der Waals surface area contributed by atoms with Crippen molar-refractivity contribution in [3.8, 4) is 0 Å². The molecule has 1 aromatic carbocycles. The molecule has 1 aliphatic heterocycles. The summed E-state index contributed by atoms with van der Waals surface area (Å²) < 4.78 is 71.5. The van der Waals surface area contributed by atoms with Gasteiger partial charge in [0.1, 0.15) is 4.90 Å². The Morgan fingerprint density at radius 1 is 1.21 bits per heavy atom. The van der Waals surface area contributed by atoms with E-state index in [0.717, 1.165) is 6.07 Å². The van der Waals surface area contributed by atoms with Crippen molar-refractivity contribution < 1.29 is 26.0 Å². The minimum Gasteiger partial charge on any atom is -0.424 e. The van der Waals surface area contributed by atoms with E-state index in [0.29, 0.717) is 36.8 Å². The summed E-state index contributed by atoms with van der Waals surface area (Å²) in [6, 6.07) is 2.24. The number of halogens is 4. The predicted octanol–water partition coefficient (Wildman–Crippen LogP) is 4.61. The third-order valence-electron chi connectivity index (χ3n) is 4.69. The summed E-state index contributed by atoms with van der Waals surface area (Å²) in [5.74, 6) is 0.516.